The normalized spacial score (nSPS) is 15.4. The Kier molecular flexibility index (Phi) is 7.30. The molecule has 2 aromatic carbocycles. The maximum Gasteiger partial charge on any atom is 0.254 e. The molecule has 1 atom stereocenters. The first-order chi connectivity index (χ1) is 20.5. The van der Waals surface area contributed by atoms with Crippen molar-refractivity contribution in [1.29, 1.82) is 0 Å². The summed E-state index contributed by atoms with van der Waals surface area (Å²) < 4.78 is 3.80. The van der Waals surface area contributed by atoms with Gasteiger partial charge in [-0.2, -0.15) is 9.61 Å². The fourth-order valence-corrected chi connectivity index (χ4v) is 5.96. The Morgan fingerprint density at radius 2 is 1.93 bits per heavy atom. The van der Waals surface area contributed by atoms with Crippen LogP contribution in [-0.4, -0.2) is 52.6 Å². The van der Waals surface area contributed by atoms with Gasteiger partial charge in [0, 0.05) is 61.3 Å². The van der Waals surface area contributed by atoms with E-state index in [1.54, 1.807) is 24.6 Å². The average molecular weight is 578 g/mol. The molecule has 3 aromatic heterocycles. The molecule has 9 nitrogen and oxygen atoms in total. The summed E-state index contributed by atoms with van der Waals surface area (Å²) in [6.45, 7) is 10.8. The zero-order valence-electron chi connectivity index (χ0n) is 25.7. The number of anilines is 1. The highest BCUT2D eigenvalue weighted by Crippen LogP contribution is 2.33. The summed E-state index contributed by atoms with van der Waals surface area (Å²) in [6, 6.07) is 16.4. The lowest BCUT2D eigenvalue weighted by atomic mass is 9.98. The number of benzene rings is 2. The summed E-state index contributed by atoms with van der Waals surface area (Å²) in [4.78, 5) is 24.9. The van der Waals surface area contributed by atoms with Crippen LogP contribution in [0.3, 0.4) is 0 Å². The quantitative estimate of drug-likeness (QED) is 0.251. The molecule has 1 saturated heterocycles. The molecule has 0 radical (unpaired) electrons. The third-order valence-electron chi connectivity index (χ3n) is 8.44. The van der Waals surface area contributed by atoms with Crippen molar-refractivity contribution in [1.82, 2.24) is 29.0 Å². The van der Waals surface area contributed by atoms with Gasteiger partial charge in [-0.05, 0) is 76.3 Å². The van der Waals surface area contributed by atoms with Gasteiger partial charge < -0.3 is 19.9 Å². The van der Waals surface area contributed by atoms with E-state index in [-0.39, 0.29) is 11.9 Å². The molecule has 1 aliphatic rings. The predicted molar refractivity (Wildman–Crippen MR) is 169 cm³/mol. The van der Waals surface area contributed by atoms with E-state index in [4.69, 9.17) is 10.1 Å². The number of aromatic nitrogens is 5. The number of hydrogen-bond acceptors (Lipinski definition) is 6. The summed E-state index contributed by atoms with van der Waals surface area (Å²) >= 11 is 0. The molecule has 1 fully saturated rings. The van der Waals surface area contributed by atoms with E-state index in [1.807, 2.05) is 66.9 Å². The molecule has 0 aliphatic carbocycles. The largest absolute Gasteiger partial charge is 0.384 e. The van der Waals surface area contributed by atoms with Crippen molar-refractivity contribution in [3.8, 4) is 22.5 Å². The maximum atomic E-state index is 13.6. The van der Waals surface area contributed by atoms with E-state index < -0.39 is 5.60 Å². The third kappa shape index (κ3) is 5.41. The molecule has 9 heteroatoms. The molecular formula is C34H39N7O2. The summed E-state index contributed by atoms with van der Waals surface area (Å²) in [5, 5.41) is 19.4. The second kappa shape index (κ2) is 11.0. The number of aryl methyl sites for hydroxylation is 3. The Hall–Kier alpha value is -4.50. The summed E-state index contributed by atoms with van der Waals surface area (Å²) in [7, 11) is 1.98. The average Bonchev–Trinajstić information content (AvgIpc) is 3.69. The summed E-state index contributed by atoms with van der Waals surface area (Å²) in [5.41, 5.74) is 6.25. The highest BCUT2D eigenvalue weighted by molar-refractivity contribution is 5.98. The van der Waals surface area contributed by atoms with Crippen molar-refractivity contribution in [3.63, 3.8) is 0 Å². The molecule has 43 heavy (non-hydrogen) atoms. The van der Waals surface area contributed by atoms with Gasteiger partial charge in [0.25, 0.3) is 5.91 Å². The molecule has 1 aliphatic heterocycles. The number of imidazole rings is 1. The van der Waals surface area contributed by atoms with Crippen LogP contribution in [0.1, 0.15) is 66.5 Å². The first-order valence-electron chi connectivity index (χ1n) is 14.9. The summed E-state index contributed by atoms with van der Waals surface area (Å²) in [5.74, 6) is 1.69. The van der Waals surface area contributed by atoms with Crippen molar-refractivity contribution >= 4 is 17.4 Å². The molecule has 5 aromatic rings. The molecule has 222 valence electrons. The topological polar surface area (TPSA) is 101 Å². The lowest BCUT2D eigenvalue weighted by molar-refractivity contribution is 0.0736. The molecule has 6 rings (SSSR count). The van der Waals surface area contributed by atoms with Gasteiger partial charge in [0.15, 0.2) is 5.65 Å². The number of carbonyl (C=O) groups is 1. The van der Waals surface area contributed by atoms with Crippen molar-refractivity contribution in [2.24, 2.45) is 7.05 Å². The van der Waals surface area contributed by atoms with E-state index in [9.17, 15) is 9.90 Å². The molecule has 0 spiro atoms. The molecule has 0 unspecified atom stereocenters. The second-order valence-corrected chi connectivity index (χ2v) is 12.2. The standard InChI is InChI=1S/C34H39N7O2/c1-21-12-13-25(18-27(21)33(42)40-15-8-9-22(40)2)30-23(3)38-41-29(19-28(34(4,5)43)37-32(30)41)36-20-24-10-7-11-26(17-24)31-35-14-16-39(31)6/h7,10-14,16-19,22,36,43H,8-9,15,20H2,1-6H3/t22-/m0/s1. The number of carbonyl (C=O) groups excluding carboxylic acids is 1. The van der Waals surface area contributed by atoms with Gasteiger partial charge in [0.2, 0.25) is 0 Å². The fraction of sp³-hybridized carbons (Fsp3) is 0.353. The lowest BCUT2D eigenvalue weighted by Gasteiger charge is -2.22. The number of nitrogens with zero attached hydrogens (tertiary/aromatic N) is 6. The van der Waals surface area contributed by atoms with Crippen LogP contribution in [-0.2, 0) is 19.2 Å². The van der Waals surface area contributed by atoms with E-state index in [2.05, 4.69) is 35.4 Å². The van der Waals surface area contributed by atoms with Gasteiger partial charge >= 0.3 is 0 Å². The zero-order valence-corrected chi connectivity index (χ0v) is 25.7. The van der Waals surface area contributed by atoms with Crippen molar-refractivity contribution in [2.75, 3.05) is 11.9 Å². The molecule has 2 N–H and O–H groups in total. The monoisotopic (exact) mass is 577 g/mol. The third-order valence-corrected chi connectivity index (χ3v) is 8.44. The smallest absolute Gasteiger partial charge is 0.254 e. The second-order valence-electron chi connectivity index (χ2n) is 12.2. The first kappa shape index (κ1) is 28.6. The Labute approximate surface area is 252 Å². The Bertz CT molecular complexity index is 1830. The van der Waals surface area contributed by atoms with Crippen molar-refractivity contribution in [2.45, 2.75) is 65.6 Å². The van der Waals surface area contributed by atoms with Crippen LogP contribution in [0, 0.1) is 13.8 Å². The van der Waals surface area contributed by atoms with E-state index >= 15 is 0 Å². The highest BCUT2D eigenvalue weighted by Gasteiger charge is 2.28. The number of likely N-dealkylation sites (tertiary alicyclic amines) is 1. The minimum atomic E-state index is -1.17. The number of fused-ring (bicyclic) bond motifs is 1. The zero-order chi connectivity index (χ0) is 30.5. The van der Waals surface area contributed by atoms with E-state index in [0.29, 0.717) is 29.3 Å². The van der Waals surface area contributed by atoms with E-state index in [0.717, 1.165) is 58.7 Å². The molecule has 0 bridgehead atoms. The maximum absolute atomic E-state index is 13.6. The van der Waals surface area contributed by atoms with Gasteiger partial charge in [0.05, 0.1) is 11.4 Å². The highest BCUT2D eigenvalue weighted by atomic mass is 16.3. The minimum Gasteiger partial charge on any atom is -0.384 e. The van der Waals surface area contributed by atoms with Crippen LogP contribution in [0.4, 0.5) is 5.82 Å². The van der Waals surface area contributed by atoms with Gasteiger partial charge in [0.1, 0.15) is 17.2 Å². The number of amides is 1. The van der Waals surface area contributed by atoms with Crippen molar-refractivity contribution < 1.29 is 9.90 Å². The summed E-state index contributed by atoms with van der Waals surface area (Å²) in [6.07, 6.45) is 5.79. The van der Waals surface area contributed by atoms with Crippen LogP contribution in [0.2, 0.25) is 0 Å². The number of hydrogen-bond donors (Lipinski definition) is 2. The van der Waals surface area contributed by atoms with Crippen LogP contribution in [0.15, 0.2) is 60.9 Å². The molecular weight excluding hydrogens is 538 g/mol. The number of rotatable bonds is 7. The minimum absolute atomic E-state index is 0.0683. The first-order valence-corrected chi connectivity index (χ1v) is 14.9. The fourth-order valence-electron chi connectivity index (χ4n) is 5.96. The Balaban J connectivity index is 1.40. The molecule has 4 heterocycles. The lowest BCUT2D eigenvalue weighted by Crippen LogP contribution is -2.34. The van der Waals surface area contributed by atoms with Crippen LogP contribution in [0.5, 0.6) is 0 Å². The number of nitrogens with one attached hydrogen (secondary N) is 1. The van der Waals surface area contributed by atoms with E-state index in [1.165, 1.54) is 0 Å². The van der Waals surface area contributed by atoms with Crippen LogP contribution < -0.4 is 5.32 Å². The number of aliphatic hydroxyl groups is 1. The van der Waals surface area contributed by atoms with Gasteiger partial charge in [-0.3, -0.25) is 4.79 Å². The Morgan fingerprint density at radius 3 is 2.63 bits per heavy atom. The van der Waals surface area contributed by atoms with Crippen LogP contribution in [0.25, 0.3) is 28.2 Å². The van der Waals surface area contributed by atoms with Crippen molar-refractivity contribution in [3.05, 3.63) is 89.0 Å². The SMILES string of the molecule is Cc1ccc(-c2c(C)nn3c(NCc4cccc(-c5nccn5C)c4)cc(C(C)(C)O)nc23)cc1C(=O)N1CCC[C@@H]1C. The van der Waals surface area contributed by atoms with Gasteiger partial charge in [-0.25, -0.2) is 9.97 Å². The Morgan fingerprint density at radius 1 is 1.12 bits per heavy atom. The van der Waals surface area contributed by atoms with Crippen LogP contribution >= 0.6 is 0 Å². The van der Waals surface area contributed by atoms with Gasteiger partial charge in [-0.15, -0.1) is 0 Å². The molecule has 1 amide bonds. The molecule has 0 saturated carbocycles. The van der Waals surface area contributed by atoms with Gasteiger partial charge in [-0.1, -0.05) is 30.3 Å². The predicted octanol–water partition coefficient (Wildman–Crippen LogP) is 5.88.